The van der Waals surface area contributed by atoms with Gasteiger partial charge < -0.3 is 9.84 Å². The summed E-state index contributed by atoms with van der Waals surface area (Å²) >= 11 is 0. The number of carbonyl (C=O) groups is 1. The Labute approximate surface area is 169 Å². The molecule has 0 fully saturated rings. The first-order valence-corrected chi connectivity index (χ1v) is 9.94. The van der Waals surface area contributed by atoms with Crippen molar-refractivity contribution < 1.29 is 27.8 Å². The van der Waals surface area contributed by atoms with Crippen LogP contribution in [0, 0.1) is 0 Å². The lowest BCUT2D eigenvalue weighted by Gasteiger charge is -2.17. The van der Waals surface area contributed by atoms with Crippen LogP contribution in [0.15, 0.2) is 42.5 Å². The van der Waals surface area contributed by atoms with Crippen molar-refractivity contribution in [1.29, 1.82) is 0 Å². The highest BCUT2D eigenvalue weighted by atomic mass is 19.4. The van der Waals surface area contributed by atoms with Crippen LogP contribution in [0.25, 0.3) is 11.1 Å². The second-order valence-corrected chi connectivity index (χ2v) is 7.10. The molecule has 3 nitrogen and oxygen atoms in total. The minimum absolute atomic E-state index is 0.476. The molecule has 0 saturated carbocycles. The largest absolute Gasteiger partial charge is 0.494 e. The van der Waals surface area contributed by atoms with E-state index in [-0.39, 0.29) is 0 Å². The van der Waals surface area contributed by atoms with E-state index < -0.39 is 23.6 Å². The first-order valence-electron chi connectivity index (χ1n) is 9.94. The molecule has 0 aliphatic carbocycles. The highest BCUT2D eigenvalue weighted by Gasteiger charge is 2.30. The maximum absolute atomic E-state index is 12.8. The second kappa shape index (κ2) is 10.3. The Kier molecular flexibility index (Phi) is 8.11. The van der Waals surface area contributed by atoms with E-state index in [2.05, 4.69) is 6.92 Å². The van der Waals surface area contributed by atoms with E-state index in [1.165, 1.54) is 12.1 Å². The topological polar surface area (TPSA) is 46.5 Å². The van der Waals surface area contributed by atoms with Crippen molar-refractivity contribution in [3.63, 3.8) is 0 Å². The van der Waals surface area contributed by atoms with Gasteiger partial charge in [0.25, 0.3) is 0 Å². The van der Waals surface area contributed by atoms with Crippen LogP contribution in [-0.2, 0) is 11.0 Å². The van der Waals surface area contributed by atoms with E-state index >= 15 is 0 Å². The molecule has 6 heteroatoms. The van der Waals surface area contributed by atoms with Crippen LogP contribution in [-0.4, -0.2) is 17.7 Å². The number of carboxylic acid groups (broad SMARTS) is 1. The first-order chi connectivity index (χ1) is 13.8. The molecular weight excluding hydrogens is 381 g/mol. The first kappa shape index (κ1) is 22.8. The zero-order chi connectivity index (χ0) is 21.4. The Balaban J connectivity index is 2.43. The summed E-state index contributed by atoms with van der Waals surface area (Å²) in [5.74, 6) is -1.06. The smallest absolute Gasteiger partial charge is 0.416 e. The zero-order valence-electron chi connectivity index (χ0n) is 16.8. The number of unbranched alkanes of at least 4 members (excludes halogenated alkanes) is 2. The van der Waals surface area contributed by atoms with Crippen LogP contribution in [0.4, 0.5) is 13.2 Å². The summed E-state index contributed by atoms with van der Waals surface area (Å²) in [5, 5.41) is 9.71. The van der Waals surface area contributed by atoms with Crippen molar-refractivity contribution in [3.05, 3.63) is 53.6 Å². The molecule has 2 aromatic carbocycles. The van der Waals surface area contributed by atoms with Crippen molar-refractivity contribution in [2.75, 3.05) is 6.61 Å². The number of rotatable bonds is 10. The third kappa shape index (κ3) is 6.51. The molecule has 1 atom stereocenters. The van der Waals surface area contributed by atoms with Crippen molar-refractivity contribution in [1.82, 2.24) is 0 Å². The predicted molar refractivity (Wildman–Crippen MR) is 107 cm³/mol. The van der Waals surface area contributed by atoms with Crippen LogP contribution in [0.5, 0.6) is 5.75 Å². The fraction of sp³-hybridized carbons (Fsp3) is 0.435. The van der Waals surface area contributed by atoms with E-state index in [9.17, 15) is 23.1 Å². The monoisotopic (exact) mass is 408 g/mol. The Morgan fingerprint density at radius 3 is 2.24 bits per heavy atom. The molecule has 0 spiro atoms. The average Bonchev–Trinajstić information content (AvgIpc) is 2.68. The molecule has 0 radical (unpaired) electrons. The summed E-state index contributed by atoms with van der Waals surface area (Å²) in [6, 6.07) is 10.1. The highest BCUT2D eigenvalue weighted by molar-refractivity contribution is 5.78. The van der Waals surface area contributed by atoms with Crippen LogP contribution >= 0.6 is 0 Å². The summed E-state index contributed by atoms with van der Waals surface area (Å²) in [4.78, 5) is 11.9. The lowest BCUT2D eigenvalue weighted by Crippen LogP contribution is -2.12. The Morgan fingerprint density at radius 1 is 1.00 bits per heavy atom. The van der Waals surface area contributed by atoms with Gasteiger partial charge in [-0.05, 0) is 53.8 Å². The molecule has 0 aliphatic rings. The molecule has 0 heterocycles. The van der Waals surface area contributed by atoms with Gasteiger partial charge in [-0.25, -0.2) is 0 Å². The fourth-order valence-electron chi connectivity index (χ4n) is 3.18. The molecule has 1 N–H and O–H groups in total. The third-order valence-electron chi connectivity index (χ3n) is 4.74. The third-order valence-corrected chi connectivity index (χ3v) is 4.74. The Morgan fingerprint density at radius 2 is 1.69 bits per heavy atom. The number of ether oxygens (including phenoxy) is 1. The van der Waals surface area contributed by atoms with Gasteiger partial charge in [0, 0.05) is 0 Å². The van der Waals surface area contributed by atoms with Gasteiger partial charge in [0.15, 0.2) is 0 Å². The van der Waals surface area contributed by atoms with E-state index in [1.807, 2.05) is 6.92 Å². The molecule has 2 aromatic rings. The Hall–Kier alpha value is -2.50. The molecule has 29 heavy (non-hydrogen) atoms. The number of alkyl halides is 3. The Bertz CT molecular complexity index is 798. The highest BCUT2D eigenvalue weighted by Crippen LogP contribution is 2.34. The van der Waals surface area contributed by atoms with E-state index in [0.29, 0.717) is 35.5 Å². The van der Waals surface area contributed by atoms with E-state index in [0.717, 1.165) is 37.8 Å². The molecule has 0 saturated heterocycles. The molecule has 0 bridgehead atoms. The lowest BCUT2D eigenvalue weighted by atomic mass is 9.90. The minimum Gasteiger partial charge on any atom is -0.494 e. The van der Waals surface area contributed by atoms with Crippen molar-refractivity contribution in [2.24, 2.45) is 0 Å². The standard InChI is InChI=1S/C23H27F3O3/c1-3-5-6-7-21(22(27)28)18-13-17(14-20(15-18)29-12-4-2)16-8-10-19(11-9-16)23(24,25)26/h8-11,13-15,21H,3-7,12H2,1-2H3,(H,27,28). The van der Waals surface area contributed by atoms with Gasteiger partial charge in [-0.2, -0.15) is 13.2 Å². The van der Waals surface area contributed by atoms with Gasteiger partial charge in [-0.3, -0.25) is 4.79 Å². The van der Waals surface area contributed by atoms with Gasteiger partial charge in [-0.1, -0.05) is 51.3 Å². The summed E-state index contributed by atoms with van der Waals surface area (Å²) in [6.45, 7) is 4.49. The number of hydrogen-bond donors (Lipinski definition) is 1. The second-order valence-electron chi connectivity index (χ2n) is 7.10. The summed E-state index contributed by atoms with van der Waals surface area (Å²) < 4.78 is 44.3. The number of halogens is 3. The average molecular weight is 408 g/mol. The summed E-state index contributed by atoms with van der Waals surface area (Å²) in [6.07, 6.45) is -0.373. The normalized spacial score (nSPS) is 12.6. The van der Waals surface area contributed by atoms with Crippen LogP contribution < -0.4 is 4.74 Å². The molecule has 0 aromatic heterocycles. The van der Waals surface area contributed by atoms with Crippen molar-refractivity contribution in [2.45, 2.75) is 58.0 Å². The zero-order valence-corrected chi connectivity index (χ0v) is 16.8. The molecule has 2 rings (SSSR count). The predicted octanol–water partition coefficient (Wildman–Crippen LogP) is 6.91. The van der Waals surface area contributed by atoms with E-state index in [4.69, 9.17) is 4.74 Å². The van der Waals surface area contributed by atoms with Crippen LogP contribution in [0.2, 0.25) is 0 Å². The van der Waals surface area contributed by atoms with Crippen LogP contribution in [0.3, 0.4) is 0 Å². The van der Waals surface area contributed by atoms with Crippen LogP contribution in [0.1, 0.15) is 63.0 Å². The molecule has 0 amide bonds. The maximum atomic E-state index is 12.8. The number of benzene rings is 2. The lowest BCUT2D eigenvalue weighted by molar-refractivity contribution is -0.139. The fourth-order valence-corrected chi connectivity index (χ4v) is 3.18. The van der Waals surface area contributed by atoms with Gasteiger partial charge >= 0.3 is 12.1 Å². The number of aliphatic carboxylic acids is 1. The number of carboxylic acids is 1. The molecular formula is C23H27F3O3. The van der Waals surface area contributed by atoms with E-state index in [1.54, 1.807) is 18.2 Å². The summed E-state index contributed by atoms with van der Waals surface area (Å²) in [5.41, 5.74) is 1.11. The SMILES string of the molecule is CCCCCC(C(=O)O)c1cc(OCCC)cc(-c2ccc(C(F)(F)F)cc2)c1. The van der Waals surface area contributed by atoms with Gasteiger partial charge in [-0.15, -0.1) is 0 Å². The number of hydrogen-bond acceptors (Lipinski definition) is 2. The molecule has 1 unspecified atom stereocenters. The summed E-state index contributed by atoms with van der Waals surface area (Å²) in [7, 11) is 0. The van der Waals surface area contributed by atoms with Crippen molar-refractivity contribution >= 4 is 5.97 Å². The minimum atomic E-state index is -4.40. The molecule has 0 aliphatic heterocycles. The van der Waals surface area contributed by atoms with Gasteiger partial charge in [0.1, 0.15) is 5.75 Å². The quantitative estimate of drug-likeness (QED) is 0.435. The van der Waals surface area contributed by atoms with Gasteiger partial charge in [0.2, 0.25) is 0 Å². The molecule has 158 valence electrons. The maximum Gasteiger partial charge on any atom is 0.416 e. The van der Waals surface area contributed by atoms with Crippen molar-refractivity contribution in [3.8, 4) is 16.9 Å². The van der Waals surface area contributed by atoms with Gasteiger partial charge in [0.05, 0.1) is 18.1 Å².